The van der Waals surface area contributed by atoms with Crippen LogP contribution in [0.25, 0.3) is 0 Å². The zero-order valence-corrected chi connectivity index (χ0v) is 15.9. The largest absolute Gasteiger partial charge is 0.381 e. The van der Waals surface area contributed by atoms with Gasteiger partial charge in [-0.2, -0.15) is 0 Å². The van der Waals surface area contributed by atoms with Crippen LogP contribution >= 0.6 is 0 Å². The molecule has 1 heterocycles. The van der Waals surface area contributed by atoms with Gasteiger partial charge in [-0.05, 0) is 61.2 Å². The van der Waals surface area contributed by atoms with E-state index < -0.39 is 0 Å². The Kier molecular flexibility index (Phi) is 6.16. The number of nitrogens with one attached hydrogen (secondary N) is 1. The molecule has 3 nitrogen and oxygen atoms in total. The highest BCUT2D eigenvalue weighted by Crippen LogP contribution is 2.55. The molecule has 1 saturated carbocycles. The summed E-state index contributed by atoms with van der Waals surface area (Å²) in [6.45, 7) is 14.4. The van der Waals surface area contributed by atoms with E-state index in [9.17, 15) is 4.79 Å². The molecule has 23 heavy (non-hydrogen) atoms. The third-order valence-corrected chi connectivity index (χ3v) is 6.75. The first-order chi connectivity index (χ1) is 10.8. The second-order valence-electron chi connectivity index (χ2n) is 9.14. The summed E-state index contributed by atoms with van der Waals surface area (Å²) >= 11 is 0. The SMILES string of the molecule is CC(C)C1(C(C)(C)C)CCC(C(=O)NCC2CCOCC2)CC1. The van der Waals surface area contributed by atoms with E-state index in [2.05, 4.69) is 39.9 Å². The minimum atomic E-state index is 0.226. The van der Waals surface area contributed by atoms with Crippen molar-refractivity contribution in [3.05, 3.63) is 0 Å². The predicted molar refractivity (Wildman–Crippen MR) is 95.2 cm³/mol. The van der Waals surface area contributed by atoms with E-state index in [1.54, 1.807) is 0 Å². The van der Waals surface area contributed by atoms with Gasteiger partial charge in [0.05, 0.1) is 0 Å². The normalized spacial score (nSPS) is 30.4. The van der Waals surface area contributed by atoms with Crippen molar-refractivity contribution in [3.8, 4) is 0 Å². The van der Waals surface area contributed by atoms with Crippen molar-refractivity contribution in [3.63, 3.8) is 0 Å². The molecule has 2 rings (SSSR count). The van der Waals surface area contributed by atoms with Crippen LogP contribution in [-0.4, -0.2) is 25.7 Å². The van der Waals surface area contributed by atoms with Gasteiger partial charge in [-0.15, -0.1) is 0 Å². The Balaban J connectivity index is 1.84. The maximum absolute atomic E-state index is 12.5. The molecular formula is C20H37NO2. The summed E-state index contributed by atoms with van der Waals surface area (Å²) in [5.74, 6) is 1.81. The van der Waals surface area contributed by atoms with E-state index in [1.807, 2.05) is 0 Å². The van der Waals surface area contributed by atoms with Crippen molar-refractivity contribution in [2.45, 2.75) is 73.1 Å². The quantitative estimate of drug-likeness (QED) is 0.832. The zero-order valence-electron chi connectivity index (χ0n) is 15.9. The average molecular weight is 324 g/mol. The fourth-order valence-electron chi connectivity index (χ4n) is 4.93. The van der Waals surface area contributed by atoms with E-state index in [0.717, 1.165) is 45.4 Å². The average Bonchev–Trinajstić information content (AvgIpc) is 2.52. The molecule has 2 aliphatic rings. The van der Waals surface area contributed by atoms with Gasteiger partial charge in [0.25, 0.3) is 0 Å². The summed E-state index contributed by atoms with van der Waals surface area (Å²) in [5, 5.41) is 3.22. The monoisotopic (exact) mass is 323 g/mol. The summed E-state index contributed by atoms with van der Waals surface area (Å²) in [5.41, 5.74) is 0.690. The number of rotatable bonds is 4. The van der Waals surface area contributed by atoms with E-state index in [0.29, 0.717) is 28.6 Å². The molecule has 0 aromatic rings. The fraction of sp³-hybridized carbons (Fsp3) is 0.950. The van der Waals surface area contributed by atoms with Gasteiger partial charge in [-0.25, -0.2) is 0 Å². The second-order valence-corrected chi connectivity index (χ2v) is 9.14. The number of hydrogen-bond donors (Lipinski definition) is 1. The highest BCUT2D eigenvalue weighted by molar-refractivity contribution is 5.78. The van der Waals surface area contributed by atoms with Crippen LogP contribution in [0, 0.1) is 28.6 Å². The van der Waals surface area contributed by atoms with Crippen LogP contribution in [0.15, 0.2) is 0 Å². The number of amides is 1. The van der Waals surface area contributed by atoms with E-state index in [1.165, 1.54) is 12.8 Å². The molecule has 0 atom stereocenters. The first-order valence-corrected chi connectivity index (χ1v) is 9.62. The van der Waals surface area contributed by atoms with Gasteiger partial charge in [-0.3, -0.25) is 4.79 Å². The summed E-state index contributed by atoms with van der Waals surface area (Å²) < 4.78 is 5.39. The van der Waals surface area contributed by atoms with Gasteiger partial charge in [0.15, 0.2) is 0 Å². The van der Waals surface area contributed by atoms with Crippen LogP contribution in [-0.2, 0) is 9.53 Å². The minimum Gasteiger partial charge on any atom is -0.381 e. The van der Waals surface area contributed by atoms with Crippen molar-refractivity contribution in [1.82, 2.24) is 5.32 Å². The lowest BCUT2D eigenvalue weighted by Crippen LogP contribution is -2.46. The Labute approximate surface area is 142 Å². The topological polar surface area (TPSA) is 38.3 Å². The van der Waals surface area contributed by atoms with Gasteiger partial charge < -0.3 is 10.1 Å². The lowest BCUT2D eigenvalue weighted by atomic mass is 9.53. The molecule has 1 amide bonds. The molecule has 1 aliphatic carbocycles. The van der Waals surface area contributed by atoms with E-state index in [4.69, 9.17) is 4.74 Å². The Morgan fingerprint density at radius 1 is 1.13 bits per heavy atom. The van der Waals surface area contributed by atoms with Crippen LogP contribution in [0.3, 0.4) is 0 Å². The van der Waals surface area contributed by atoms with Crippen molar-refractivity contribution in [1.29, 1.82) is 0 Å². The van der Waals surface area contributed by atoms with E-state index >= 15 is 0 Å². The molecule has 1 N–H and O–H groups in total. The van der Waals surface area contributed by atoms with Crippen molar-refractivity contribution in [2.24, 2.45) is 28.6 Å². The summed E-state index contributed by atoms with van der Waals surface area (Å²) in [6.07, 6.45) is 6.65. The Morgan fingerprint density at radius 2 is 1.70 bits per heavy atom. The van der Waals surface area contributed by atoms with Gasteiger partial charge in [0.1, 0.15) is 0 Å². The molecule has 0 unspecified atom stereocenters. The molecule has 0 aromatic carbocycles. The van der Waals surface area contributed by atoms with Crippen LogP contribution in [0.2, 0.25) is 0 Å². The van der Waals surface area contributed by atoms with Crippen molar-refractivity contribution >= 4 is 5.91 Å². The molecule has 0 radical (unpaired) electrons. The third kappa shape index (κ3) is 4.29. The molecule has 1 saturated heterocycles. The van der Waals surface area contributed by atoms with Gasteiger partial charge in [-0.1, -0.05) is 34.6 Å². The Bertz CT molecular complexity index is 383. The second kappa shape index (κ2) is 7.55. The first kappa shape index (κ1) is 18.8. The van der Waals surface area contributed by atoms with Crippen LogP contribution < -0.4 is 5.32 Å². The maximum Gasteiger partial charge on any atom is 0.223 e. The molecule has 1 aliphatic heterocycles. The number of carbonyl (C=O) groups is 1. The number of ether oxygens (including phenoxy) is 1. The Hall–Kier alpha value is -0.570. The molecule has 0 spiro atoms. The van der Waals surface area contributed by atoms with Crippen LogP contribution in [0.4, 0.5) is 0 Å². The number of carbonyl (C=O) groups excluding carboxylic acids is 1. The Morgan fingerprint density at radius 3 is 2.17 bits per heavy atom. The third-order valence-electron chi connectivity index (χ3n) is 6.75. The summed E-state index contributed by atoms with van der Waals surface area (Å²) in [4.78, 5) is 12.5. The lowest BCUT2D eigenvalue weighted by molar-refractivity contribution is -0.129. The molecular weight excluding hydrogens is 286 g/mol. The molecule has 0 bridgehead atoms. The standard InChI is InChI=1S/C20H37NO2/c1-15(2)20(19(3,4)5)10-6-17(7-11-20)18(22)21-14-16-8-12-23-13-9-16/h15-17H,6-14H2,1-5H3,(H,21,22). The highest BCUT2D eigenvalue weighted by Gasteiger charge is 2.47. The van der Waals surface area contributed by atoms with Gasteiger partial charge >= 0.3 is 0 Å². The van der Waals surface area contributed by atoms with Crippen LogP contribution in [0.5, 0.6) is 0 Å². The molecule has 134 valence electrons. The molecule has 3 heteroatoms. The lowest BCUT2D eigenvalue weighted by Gasteiger charge is -2.52. The van der Waals surface area contributed by atoms with Gasteiger partial charge in [0.2, 0.25) is 5.91 Å². The highest BCUT2D eigenvalue weighted by atomic mass is 16.5. The number of hydrogen-bond acceptors (Lipinski definition) is 2. The molecule has 0 aromatic heterocycles. The zero-order chi connectivity index (χ0) is 17.1. The predicted octanol–water partition coefficient (Wildman–Crippen LogP) is 4.41. The van der Waals surface area contributed by atoms with Gasteiger partial charge in [0, 0.05) is 25.7 Å². The maximum atomic E-state index is 12.5. The first-order valence-electron chi connectivity index (χ1n) is 9.62. The summed E-state index contributed by atoms with van der Waals surface area (Å²) in [6, 6.07) is 0. The van der Waals surface area contributed by atoms with E-state index in [-0.39, 0.29) is 5.92 Å². The van der Waals surface area contributed by atoms with Crippen molar-refractivity contribution in [2.75, 3.05) is 19.8 Å². The van der Waals surface area contributed by atoms with Crippen LogP contribution in [0.1, 0.15) is 73.1 Å². The van der Waals surface area contributed by atoms with Crippen molar-refractivity contribution < 1.29 is 9.53 Å². The molecule has 2 fully saturated rings. The smallest absolute Gasteiger partial charge is 0.223 e. The fourth-order valence-corrected chi connectivity index (χ4v) is 4.93. The summed E-state index contributed by atoms with van der Waals surface area (Å²) in [7, 11) is 0. The minimum absolute atomic E-state index is 0.226.